The summed E-state index contributed by atoms with van der Waals surface area (Å²) in [6, 6.07) is 35.3. The fraction of sp³-hybridized carbons (Fsp3) is 0.194. The van der Waals surface area contributed by atoms with Crippen LogP contribution in [0.3, 0.4) is 0 Å². The molecule has 0 heterocycles. The zero-order valence-electron chi connectivity index (χ0n) is 20.7. The topological polar surface area (TPSA) is 74.2 Å². The van der Waals surface area contributed by atoms with Gasteiger partial charge in [0.15, 0.2) is 17.8 Å². The van der Waals surface area contributed by atoms with Gasteiger partial charge in [-0.15, -0.1) is 0 Å². The Morgan fingerprint density at radius 1 is 0.615 bits per heavy atom. The first-order chi connectivity index (χ1) is 18.9. The van der Waals surface area contributed by atoms with E-state index in [1.54, 1.807) is 97.1 Å². The Hall–Kier alpha value is -3.71. The van der Waals surface area contributed by atoms with Crippen molar-refractivity contribution < 1.29 is 28.8 Å². The van der Waals surface area contributed by atoms with E-state index in [0.29, 0.717) is 23.0 Å². The third-order valence-electron chi connectivity index (χ3n) is 6.41. The van der Waals surface area contributed by atoms with Crippen LogP contribution in [0.2, 0.25) is 0 Å². The van der Waals surface area contributed by atoms with Crippen molar-refractivity contribution in [1.82, 2.24) is 0 Å². The van der Waals surface area contributed by atoms with Crippen molar-refractivity contribution in [2.24, 2.45) is 0 Å². The lowest BCUT2D eigenvalue weighted by atomic mass is 9.76. The molecule has 0 bridgehead atoms. The number of carbonyl (C=O) groups excluding carboxylic acids is 1. The second-order valence-electron chi connectivity index (χ2n) is 9.06. The molecule has 1 aliphatic rings. The molecule has 39 heavy (non-hydrogen) atoms. The zero-order chi connectivity index (χ0) is 27.3. The molecule has 4 aromatic rings. The van der Waals surface area contributed by atoms with Crippen molar-refractivity contribution in [3.8, 4) is 23.0 Å². The maximum absolute atomic E-state index is 13.9. The van der Waals surface area contributed by atoms with Gasteiger partial charge in [-0.25, -0.2) is 0 Å². The predicted molar refractivity (Wildman–Crippen MR) is 149 cm³/mol. The van der Waals surface area contributed by atoms with Crippen LogP contribution in [0.4, 0.5) is 0 Å². The first-order valence-electron chi connectivity index (χ1n) is 12.4. The van der Waals surface area contributed by atoms with Gasteiger partial charge in [0, 0.05) is 0 Å². The van der Waals surface area contributed by atoms with Crippen molar-refractivity contribution in [3.63, 3.8) is 0 Å². The van der Waals surface area contributed by atoms with Crippen LogP contribution < -0.4 is 18.9 Å². The van der Waals surface area contributed by atoms with Crippen LogP contribution >= 0.6 is 23.2 Å². The molecule has 1 saturated carbocycles. The van der Waals surface area contributed by atoms with Crippen LogP contribution in [-0.2, 0) is 4.79 Å². The van der Waals surface area contributed by atoms with E-state index in [1.807, 2.05) is 24.3 Å². The molecule has 0 spiro atoms. The van der Waals surface area contributed by atoms with Crippen LogP contribution in [0.15, 0.2) is 121 Å². The van der Waals surface area contributed by atoms with Crippen LogP contribution in [0.1, 0.15) is 0 Å². The third-order valence-corrected chi connectivity index (χ3v) is 7.44. The number of para-hydroxylation sites is 4. The van der Waals surface area contributed by atoms with Gasteiger partial charge >= 0.3 is 0 Å². The van der Waals surface area contributed by atoms with Crippen molar-refractivity contribution in [2.45, 2.75) is 28.2 Å². The maximum Gasteiger partial charge on any atom is 0.216 e. The summed E-state index contributed by atoms with van der Waals surface area (Å²) in [5, 5.41) is 12.2. The molecule has 8 heteroatoms. The van der Waals surface area contributed by atoms with Crippen LogP contribution in [0, 0.1) is 0 Å². The van der Waals surface area contributed by atoms with E-state index in [1.165, 1.54) is 0 Å². The highest BCUT2D eigenvalue weighted by Gasteiger charge is 2.70. The van der Waals surface area contributed by atoms with Gasteiger partial charge in [-0.05, 0) is 48.5 Å². The van der Waals surface area contributed by atoms with Crippen LogP contribution in [0.5, 0.6) is 23.0 Å². The van der Waals surface area contributed by atoms with Gasteiger partial charge in [-0.2, -0.15) is 0 Å². The number of benzene rings is 4. The van der Waals surface area contributed by atoms with Gasteiger partial charge in [-0.1, -0.05) is 96.0 Å². The van der Waals surface area contributed by atoms with Crippen molar-refractivity contribution in [1.29, 1.82) is 0 Å². The fourth-order valence-electron chi connectivity index (χ4n) is 4.39. The molecule has 0 saturated heterocycles. The lowest BCUT2D eigenvalue weighted by Crippen LogP contribution is -2.77. The number of ketones is 1. The van der Waals surface area contributed by atoms with Gasteiger partial charge in [0.1, 0.15) is 29.6 Å². The summed E-state index contributed by atoms with van der Waals surface area (Å²) in [5.74, 6) is 0.888. The molecule has 5 rings (SSSR count). The smallest absolute Gasteiger partial charge is 0.216 e. The second-order valence-corrected chi connectivity index (χ2v) is 10.4. The van der Waals surface area contributed by atoms with E-state index in [2.05, 4.69) is 0 Å². The molecule has 4 unspecified atom stereocenters. The highest BCUT2D eigenvalue weighted by atomic mass is 35.5. The highest BCUT2D eigenvalue weighted by Crippen LogP contribution is 2.47. The predicted octanol–water partition coefficient (Wildman–Crippen LogP) is 5.90. The summed E-state index contributed by atoms with van der Waals surface area (Å²) >= 11 is 13.5. The minimum absolute atomic E-state index is 0.395. The largest absolute Gasteiger partial charge is 0.490 e. The number of carbonyl (C=O) groups is 1. The van der Waals surface area contributed by atoms with E-state index in [0.717, 1.165) is 0 Å². The van der Waals surface area contributed by atoms with Gasteiger partial charge in [0.25, 0.3) is 0 Å². The summed E-state index contributed by atoms with van der Waals surface area (Å²) in [6.07, 6.45) is -3.84. The Labute approximate surface area is 236 Å². The number of rotatable bonds is 9. The molecule has 1 N–H and O–H groups in total. The van der Waals surface area contributed by atoms with Crippen molar-refractivity contribution in [3.05, 3.63) is 121 Å². The van der Waals surface area contributed by atoms with Crippen molar-refractivity contribution in [2.75, 3.05) is 6.61 Å². The number of Topliss-reactive ketones (excluding diaryl/α,β-unsaturated/α-hetero) is 1. The number of aliphatic hydroxyl groups is 1. The Morgan fingerprint density at radius 2 is 1.03 bits per heavy atom. The fourth-order valence-corrected chi connectivity index (χ4v) is 4.93. The second kappa shape index (κ2) is 11.6. The lowest BCUT2D eigenvalue weighted by molar-refractivity contribution is -0.185. The van der Waals surface area contributed by atoms with Gasteiger partial charge in [0.05, 0.1) is 0 Å². The van der Waals surface area contributed by atoms with Gasteiger partial charge in [0.2, 0.25) is 16.2 Å². The number of alkyl halides is 2. The van der Waals surface area contributed by atoms with E-state index in [-0.39, 0.29) is 0 Å². The van der Waals surface area contributed by atoms with E-state index in [4.69, 9.17) is 42.1 Å². The molecule has 6 nitrogen and oxygen atoms in total. The molecule has 0 radical (unpaired) electrons. The monoisotopic (exact) mass is 564 g/mol. The maximum atomic E-state index is 13.9. The normalized spacial score (nSPS) is 24.0. The molecular formula is C31H26Cl2O6. The first kappa shape index (κ1) is 26.9. The van der Waals surface area contributed by atoms with Gasteiger partial charge < -0.3 is 24.1 Å². The molecule has 4 atom stereocenters. The molecule has 1 aliphatic carbocycles. The number of halogens is 2. The standard InChI is InChI=1S/C31H26Cl2O6/c32-31(33)28(34)26(37-23-15-7-2-8-16-23)27(38-24-17-9-3-10-18-24)29(39-25-19-11-4-12-20-25)30(31,35)21-36-22-13-5-1-6-14-22/h1-20,26-27,29,35H,21H2. The minimum atomic E-state index is -2.39. The average Bonchev–Trinajstić information content (AvgIpc) is 2.97. The quantitative estimate of drug-likeness (QED) is 0.255. The number of hydrogen-bond donors (Lipinski definition) is 1. The van der Waals surface area contributed by atoms with E-state index in [9.17, 15) is 9.90 Å². The Morgan fingerprint density at radius 3 is 1.51 bits per heavy atom. The molecule has 0 aromatic heterocycles. The summed E-state index contributed by atoms with van der Waals surface area (Å²) in [5.41, 5.74) is -2.27. The third kappa shape index (κ3) is 5.69. The van der Waals surface area contributed by atoms with E-state index < -0.39 is 40.6 Å². The van der Waals surface area contributed by atoms with Crippen molar-refractivity contribution >= 4 is 29.0 Å². The molecule has 200 valence electrons. The summed E-state index contributed by atoms with van der Waals surface area (Å²) < 4.78 is 22.3. The number of hydrogen-bond acceptors (Lipinski definition) is 6. The molecule has 0 aliphatic heterocycles. The Bertz CT molecular complexity index is 1360. The summed E-state index contributed by atoms with van der Waals surface area (Å²) in [4.78, 5) is 13.9. The summed E-state index contributed by atoms with van der Waals surface area (Å²) in [6.45, 7) is -0.472. The highest BCUT2D eigenvalue weighted by molar-refractivity contribution is 6.60. The molecule has 1 fully saturated rings. The minimum Gasteiger partial charge on any atom is -0.490 e. The summed E-state index contributed by atoms with van der Waals surface area (Å²) in [7, 11) is 0. The Kier molecular flexibility index (Phi) is 7.98. The molecular weight excluding hydrogens is 539 g/mol. The average molecular weight is 565 g/mol. The Balaban J connectivity index is 1.60. The number of ether oxygens (including phenoxy) is 4. The first-order valence-corrected chi connectivity index (χ1v) is 13.1. The molecule has 4 aromatic carbocycles. The zero-order valence-corrected chi connectivity index (χ0v) is 22.2. The van der Waals surface area contributed by atoms with Crippen LogP contribution in [0.25, 0.3) is 0 Å². The van der Waals surface area contributed by atoms with Crippen LogP contribution in [-0.4, -0.2) is 45.7 Å². The van der Waals surface area contributed by atoms with Gasteiger partial charge in [-0.3, -0.25) is 4.79 Å². The SMILES string of the molecule is O=C1C(Oc2ccccc2)C(Oc2ccccc2)C(Oc2ccccc2)C(O)(COc2ccccc2)C1(Cl)Cl. The molecule has 0 amide bonds. The van der Waals surface area contributed by atoms with E-state index >= 15 is 0 Å². The lowest BCUT2D eigenvalue weighted by Gasteiger charge is -2.51.